The van der Waals surface area contributed by atoms with Gasteiger partial charge < -0.3 is 24.8 Å². The summed E-state index contributed by atoms with van der Waals surface area (Å²) in [6.07, 6.45) is 0.902. The number of hydrogen-bond acceptors (Lipinski definition) is 7. The summed E-state index contributed by atoms with van der Waals surface area (Å²) in [6, 6.07) is 10.8. The third-order valence-corrected chi connectivity index (χ3v) is 7.68. The third kappa shape index (κ3) is 5.97. The Hall–Kier alpha value is -3.47. The van der Waals surface area contributed by atoms with Crippen LogP contribution in [-0.4, -0.2) is 65.6 Å². The SMILES string of the molecule is CCOc1ccc(N(CC(=O)N2CCC(C(N)=O)CC2)S(=O)(=O)c2ccc(OC)c(OC)c2)cc1. The van der Waals surface area contributed by atoms with Crippen LogP contribution in [0, 0.1) is 5.92 Å². The predicted molar refractivity (Wildman–Crippen MR) is 130 cm³/mol. The van der Waals surface area contributed by atoms with Gasteiger partial charge in [-0.05, 0) is 56.2 Å². The number of hydrogen-bond donors (Lipinski definition) is 1. The number of sulfonamides is 1. The zero-order valence-electron chi connectivity index (χ0n) is 20.1. The number of carbonyl (C=O) groups excluding carboxylic acids is 2. The predicted octanol–water partition coefficient (Wildman–Crippen LogP) is 2.02. The third-order valence-electron chi connectivity index (χ3n) is 5.91. The Morgan fingerprint density at radius 3 is 2.20 bits per heavy atom. The largest absolute Gasteiger partial charge is 0.494 e. The van der Waals surface area contributed by atoms with Crippen molar-refractivity contribution in [3.05, 3.63) is 42.5 Å². The molecule has 0 bridgehead atoms. The first-order valence-electron chi connectivity index (χ1n) is 11.3. The number of piperidine rings is 1. The zero-order valence-corrected chi connectivity index (χ0v) is 20.9. The van der Waals surface area contributed by atoms with E-state index in [4.69, 9.17) is 19.9 Å². The summed E-state index contributed by atoms with van der Waals surface area (Å²) < 4.78 is 44.5. The quantitative estimate of drug-likeness (QED) is 0.523. The fourth-order valence-electron chi connectivity index (χ4n) is 3.93. The van der Waals surface area contributed by atoms with Crippen LogP contribution in [0.3, 0.4) is 0 Å². The summed E-state index contributed by atoms with van der Waals surface area (Å²) in [5.41, 5.74) is 5.69. The molecular formula is C24H31N3O7S. The Bertz CT molecular complexity index is 1140. The second-order valence-electron chi connectivity index (χ2n) is 8.01. The molecule has 0 atom stereocenters. The number of benzene rings is 2. The number of likely N-dealkylation sites (tertiary alicyclic amines) is 1. The number of primary amides is 1. The Labute approximate surface area is 205 Å². The van der Waals surface area contributed by atoms with Crippen LogP contribution in [-0.2, 0) is 19.6 Å². The lowest BCUT2D eigenvalue weighted by Gasteiger charge is -2.33. The molecule has 3 rings (SSSR count). The van der Waals surface area contributed by atoms with E-state index in [1.165, 1.54) is 32.4 Å². The minimum absolute atomic E-state index is 0.0516. The molecule has 190 valence electrons. The van der Waals surface area contributed by atoms with Crippen molar-refractivity contribution in [2.24, 2.45) is 11.7 Å². The second kappa shape index (κ2) is 11.3. The second-order valence-corrected chi connectivity index (χ2v) is 9.88. The molecule has 10 nitrogen and oxygen atoms in total. The molecule has 1 saturated heterocycles. The molecule has 0 radical (unpaired) electrons. The highest BCUT2D eigenvalue weighted by Gasteiger charge is 2.32. The molecule has 1 aliphatic rings. The molecule has 2 aromatic carbocycles. The Kier molecular flexibility index (Phi) is 8.44. The van der Waals surface area contributed by atoms with Gasteiger partial charge in [-0.3, -0.25) is 13.9 Å². The number of anilines is 1. The van der Waals surface area contributed by atoms with Crippen LogP contribution < -0.4 is 24.2 Å². The molecule has 1 fully saturated rings. The summed E-state index contributed by atoms with van der Waals surface area (Å²) in [6.45, 7) is 2.57. The lowest BCUT2D eigenvalue weighted by Crippen LogP contribution is -2.47. The molecule has 0 aromatic heterocycles. The topological polar surface area (TPSA) is 128 Å². The van der Waals surface area contributed by atoms with Crippen LogP contribution in [0.2, 0.25) is 0 Å². The molecule has 35 heavy (non-hydrogen) atoms. The molecular weight excluding hydrogens is 474 g/mol. The summed E-state index contributed by atoms with van der Waals surface area (Å²) >= 11 is 0. The van der Waals surface area contributed by atoms with E-state index >= 15 is 0 Å². The number of nitrogens with zero attached hydrogens (tertiary/aromatic N) is 2. The van der Waals surface area contributed by atoms with Crippen LogP contribution in [0.15, 0.2) is 47.4 Å². The van der Waals surface area contributed by atoms with Gasteiger partial charge in [-0.2, -0.15) is 0 Å². The maximum atomic E-state index is 13.7. The van der Waals surface area contributed by atoms with Crippen molar-refractivity contribution in [2.75, 3.05) is 44.8 Å². The van der Waals surface area contributed by atoms with E-state index in [9.17, 15) is 18.0 Å². The summed E-state index contributed by atoms with van der Waals surface area (Å²) in [7, 11) is -1.29. The summed E-state index contributed by atoms with van der Waals surface area (Å²) in [5.74, 6) is 0.180. The van der Waals surface area contributed by atoms with Gasteiger partial charge in [0.05, 0.1) is 31.4 Å². The van der Waals surface area contributed by atoms with E-state index in [1.54, 1.807) is 29.2 Å². The Morgan fingerprint density at radius 2 is 1.66 bits per heavy atom. The van der Waals surface area contributed by atoms with Gasteiger partial charge in [-0.1, -0.05) is 0 Å². The first-order valence-corrected chi connectivity index (χ1v) is 12.7. The van der Waals surface area contributed by atoms with Crippen LogP contribution in [0.25, 0.3) is 0 Å². The summed E-state index contributed by atoms with van der Waals surface area (Å²) in [5, 5.41) is 0. The van der Waals surface area contributed by atoms with Gasteiger partial charge in [0.25, 0.3) is 10.0 Å². The number of nitrogens with two attached hydrogens (primary N) is 1. The van der Waals surface area contributed by atoms with Gasteiger partial charge in [0.15, 0.2) is 11.5 Å². The van der Waals surface area contributed by atoms with Crippen molar-refractivity contribution in [1.29, 1.82) is 0 Å². The molecule has 2 amide bonds. The fraction of sp³-hybridized carbons (Fsp3) is 0.417. The normalized spacial score (nSPS) is 14.3. The van der Waals surface area contributed by atoms with Crippen LogP contribution in [0.5, 0.6) is 17.2 Å². The first-order chi connectivity index (χ1) is 16.7. The Balaban J connectivity index is 1.94. The van der Waals surface area contributed by atoms with Crippen molar-refractivity contribution in [3.8, 4) is 17.2 Å². The van der Waals surface area contributed by atoms with E-state index in [0.717, 1.165) is 4.31 Å². The molecule has 1 heterocycles. The monoisotopic (exact) mass is 505 g/mol. The van der Waals surface area contributed by atoms with E-state index in [1.807, 2.05) is 6.92 Å². The summed E-state index contributed by atoms with van der Waals surface area (Å²) in [4.78, 5) is 26.1. The fourth-order valence-corrected chi connectivity index (χ4v) is 5.36. The average molecular weight is 506 g/mol. The standard InChI is InChI=1S/C24H31N3O7S/c1-4-34-19-7-5-18(6-8-19)27(16-23(28)26-13-11-17(12-14-26)24(25)29)35(30,31)20-9-10-21(32-2)22(15-20)33-3/h5-10,15,17H,4,11-14,16H2,1-3H3,(H2,25,29). The van der Waals surface area contributed by atoms with E-state index in [-0.39, 0.29) is 28.4 Å². The molecule has 0 unspecified atom stereocenters. The van der Waals surface area contributed by atoms with Gasteiger partial charge in [-0.25, -0.2) is 8.42 Å². The number of rotatable bonds is 10. The minimum Gasteiger partial charge on any atom is -0.494 e. The van der Waals surface area contributed by atoms with Gasteiger partial charge in [0, 0.05) is 25.1 Å². The van der Waals surface area contributed by atoms with Crippen molar-refractivity contribution in [3.63, 3.8) is 0 Å². The molecule has 0 aliphatic carbocycles. The average Bonchev–Trinajstić information content (AvgIpc) is 2.87. The first kappa shape index (κ1) is 26.1. The smallest absolute Gasteiger partial charge is 0.264 e. The van der Waals surface area contributed by atoms with Gasteiger partial charge in [0.1, 0.15) is 12.3 Å². The van der Waals surface area contributed by atoms with Crippen molar-refractivity contribution < 1.29 is 32.2 Å². The highest BCUT2D eigenvalue weighted by atomic mass is 32.2. The molecule has 2 N–H and O–H groups in total. The van der Waals surface area contributed by atoms with Crippen LogP contribution >= 0.6 is 0 Å². The van der Waals surface area contributed by atoms with E-state index in [2.05, 4.69) is 0 Å². The lowest BCUT2D eigenvalue weighted by molar-refractivity contribution is -0.133. The highest BCUT2D eigenvalue weighted by Crippen LogP contribution is 2.33. The van der Waals surface area contributed by atoms with Crippen molar-refractivity contribution in [1.82, 2.24) is 4.90 Å². The molecule has 1 aliphatic heterocycles. The van der Waals surface area contributed by atoms with E-state index < -0.39 is 16.6 Å². The van der Waals surface area contributed by atoms with Crippen molar-refractivity contribution >= 4 is 27.5 Å². The maximum absolute atomic E-state index is 13.7. The van der Waals surface area contributed by atoms with Crippen LogP contribution in [0.4, 0.5) is 5.69 Å². The minimum atomic E-state index is -4.16. The number of methoxy groups -OCH3 is 2. The molecule has 2 aromatic rings. The molecule has 0 saturated carbocycles. The number of carbonyl (C=O) groups is 2. The maximum Gasteiger partial charge on any atom is 0.264 e. The number of amides is 2. The zero-order chi connectivity index (χ0) is 25.6. The Morgan fingerprint density at radius 1 is 1.03 bits per heavy atom. The molecule has 11 heteroatoms. The molecule has 0 spiro atoms. The van der Waals surface area contributed by atoms with Gasteiger partial charge in [0.2, 0.25) is 11.8 Å². The highest BCUT2D eigenvalue weighted by molar-refractivity contribution is 7.92. The van der Waals surface area contributed by atoms with Crippen LogP contribution in [0.1, 0.15) is 19.8 Å². The van der Waals surface area contributed by atoms with E-state index in [0.29, 0.717) is 49.7 Å². The van der Waals surface area contributed by atoms with Crippen molar-refractivity contribution in [2.45, 2.75) is 24.7 Å². The lowest BCUT2D eigenvalue weighted by atomic mass is 9.96. The van der Waals surface area contributed by atoms with Gasteiger partial charge >= 0.3 is 0 Å². The number of ether oxygens (including phenoxy) is 3. The van der Waals surface area contributed by atoms with Gasteiger partial charge in [-0.15, -0.1) is 0 Å².